The van der Waals surface area contributed by atoms with Crippen LogP contribution in [0.1, 0.15) is 12.7 Å². The second-order valence-electron chi connectivity index (χ2n) is 4.29. The summed E-state index contributed by atoms with van der Waals surface area (Å²) >= 11 is 0. The molecule has 2 rings (SSSR count). The summed E-state index contributed by atoms with van der Waals surface area (Å²) in [5, 5.41) is 13.1. The molecule has 20 heavy (non-hydrogen) atoms. The van der Waals surface area contributed by atoms with E-state index < -0.39 is 30.2 Å². The van der Waals surface area contributed by atoms with Crippen molar-refractivity contribution in [2.24, 2.45) is 0 Å². The van der Waals surface area contributed by atoms with Gasteiger partial charge in [0.15, 0.2) is 12.0 Å². The molecule has 6 nitrogen and oxygen atoms in total. The Kier molecular flexibility index (Phi) is 3.46. The highest BCUT2D eigenvalue weighted by atomic mass is 19.4. The number of aliphatic hydroxyl groups is 1. The van der Waals surface area contributed by atoms with Crippen LogP contribution in [0.4, 0.5) is 23.8 Å². The quantitative estimate of drug-likeness (QED) is 0.863. The number of halogens is 3. The van der Waals surface area contributed by atoms with E-state index in [1.165, 1.54) is 11.0 Å². The molecular formula is C11H12F3N3O3. The van der Waals surface area contributed by atoms with Gasteiger partial charge in [0.25, 0.3) is 0 Å². The summed E-state index contributed by atoms with van der Waals surface area (Å²) in [5.74, 6) is -1.71. The molecule has 0 aromatic carbocycles. The highest BCUT2D eigenvalue weighted by Crippen LogP contribution is 2.34. The standard InChI is InChI=1S/C11H12F3N3O3/c1-3-4-16-6(2)9(18)17(10(16)19)8-5-7(20-15-8)11(12,13)14/h3,5-6,9,18H,1,4H2,2H3. The summed E-state index contributed by atoms with van der Waals surface area (Å²) in [5.41, 5.74) is 0. The van der Waals surface area contributed by atoms with E-state index in [-0.39, 0.29) is 12.4 Å². The SMILES string of the molecule is C=CCN1C(=O)N(c2cc(C(F)(F)F)on2)C(O)C1C. The molecule has 9 heteroatoms. The number of alkyl halides is 3. The number of carbonyl (C=O) groups excluding carboxylic acids is 1. The Morgan fingerprint density at radius 2 is 2.25 bits per heavy atom. The molecule has 1 fully saturated rings. The molecule has 1 aliphatic rings. The number of amides is 2. The van der Waals surface area contributed by atoms with Crippen molar-refractivity contribution in [1.29, 1.82) is 0 Å². The van der Waals surface area contributed by atoms with Gasteiger partial charge in [-0.05, 0) is 6.92 Å². The van der Waals surface area contributed by atoms with Crippen LogP contribution in [0.3, 0.4) is 0 Å². The van der Waals surface area contributed by atoms with Crippen LogP contribution in [0.15, 0.2) is 23.2 Å². The van der Waals surface area contributed by atoms with Crippen molar-refractivity contribution in [2.75, 3.05) is 11.4 Å². The van der Waals surface area contributed by atoms with Gasteiger partial charge in [0, 0.05) is 12.6 Å². The maximum absolute atomic E-state index is 12.4. The van der Waals surface area contributed by atoms with E-state index in [4.69, 9.17) is 0 Å². The lowest BCUT2D eigenvalue weighted by Crippen LogP contribution is -2.35. The third-order valence-electron chi connectivity index (χ3n) is 2.99. The number of nitrogens with zero attached hydrogens (tertiary/aromatic N) is 3. The Hall–Kier alpha value is -2.03. The van der Waals surface area contributed by atoms with E-state index in [1.807, 2.05) is 0 Å². The number of urea groups is 1. The molecule has 1 aromatic rings. The highest BCUT2D eigenvalue weighted by molar-refractivity contribution is 5.94. The molecule has 0 bridgehead atoms. The summed E-state index contributed by atoms with van der Waals surface area (Å²) in [6.07, 6.45) is -4.56. The molecule has 1 saturated heterocycles. The summed E-state index contributed by atoms with van der Waals surface area (Å²) in [4.78, 5) is 14.1. The average Bonchev–Trinajstić information content (AvgIpc) is 2.90. The first kappa shape index (κ1) is 14.4. The Balaban J connectivity index is 2.31. The number of aliphatic hydroxyl groups excluding tert-OH is 1. The second-order valence-corrected chi connectivity index (χ2v) is 4.29. The molecule has 0 saturated carbocycles. The number of hydrogen-bond acceptors (Lipinski definition) is 4. The zero-order valence-corrected chi connectivity index (χ0v) is 10.5. The summed E-state index contributed by atoms with van der Waals surface area (Å²) < 4.78 is 41.4. The minimum Gasteiger partial charge on any atom is -0.371 e. The summed E-state index contributed by atoms with van der Waals surface area (Å²) in [6, 6.07) is -0.691. The first-order valence-electron chi connectivity index (χ1n) is 5.70. The number of aromatic nitrogens is 1. The minimum absolute atomic E-state index is 0.164. The van der Waals surface area contributed by atoms with Gasteiger partial charge in [0.1, 0.15) is 0 Å². The largest absolute Gasteiger partial charge is 0.452 e. The van der Waals surface area contributed by atoms with Gasteiger partial charge in [-0.2, -0.15) is 13.2 Å². The molecule has 0 radical (unpaired) electrons. The normalized spacial score (nSPS) is 23.6. The molecule has 0 aliphatic carbocycles. The molecule has 1 aromatic heterocycles. The van der Waals surface area contributed by atoms with Gasteiger partial charge >= 0.3 is 12.2 Å². The van der Waals surface area contributed by atoms with Crippen molar-refractivity contribution in [3.63, 3.8) is 0 Å². The van der Waals surface area contributed by atoms with Crippen LogP contribution in [0, 0.1) is 0 Å². The van der Waals surface area contributed by atoms with Gasteiger partial charge in [-0.1, -0.05) is 11.2 Å². The van der Waals surface area contributed by atoms with Crippen molar-refractivity contribution in [1.82, 2.24) is 10.1 Å². The smallest absolute Gasteiger partial charge is 0.371 e. The Morgan fingerprint density at radius 3 is 2.75 bits per heavy atom. The second kappa shape index (κ2) is 4.82. The van der Waals surface area contributed by atoms with E-state index in [2.05, 4.69) is 16.3 Å². The first-order chi connectivity index (χ1) is 9.27. The van der Waals surface area contributed by atoms with Gasteiger partial charge in [0.2, 0.25) is 5.76 Å². The third-order valence-corrected chi connectivity index (χ3v) is 2.99. The lowest BCUT2D eigenvalue weighted by molar-refractivity contribution is -0.155. The average molecular weight is 291 g/mol. The molecular weight excluding hydrogens is 279 g/mol. The van der Waals surface area contributed by atoms with Gasteiger partial charge < -0.3 is 14.5 Å². The van der Waals surface area contributed by atoms with E-state index in [9.17, 15) is 23.1 Å². The molecule has 2 heterocycles. The maximum Gasteiger partial charge on any atom is 0.452 e. The van der Waals surface area contributed by atoms with Crippen molar-refractivity contribution in [3.05, 3.63) is 24.5 Å². The van der Waals surface area contributed by atoms with Gasteiger partial charge in [0.05, 0.1) is 6.04 Å². The molecule has 2 atom stereocenters. The Morgan fingerprint density at radius 1 is 1.60 bits per heavy atom. The molecule has 1 N–H and O–H groups in total. The summed E-state index contributed by atoms with van der Waals surface area (Å²) in [6.45, 7) is 5.21. The van der Waals surface area contributed by atoms with E-state index in [0.29, 0.717) is 6.07 Å². The lowest BCUT2D eigenvalue weighted by atomic mass is 10.3. The van der Waals surface area contributed by atoms with Gasteiger partial charge in [-0.25, -0.2) is 9.69 Å². The van der Waals surface area contributed by atoms with Crippen molar-refractivity contribution in [3.8, 4) is 0 Å². The monoisotopic (exact) mass is 291 g/mol. The van der Waals surface area contributed by atoms with E-state index >= 15 is 0 Å². The molecule has 0 spiro atoms. The highest BCUT2D eigenvalue weighted by Gasteiger charge is 2.45. The van der Waals surface area contributed by atoms with Gasteiger partial charge in [-0.15, -0.1) is 6.58 Å². The number of anilines is 1. The number of hydrogen-bond donors (Lipinski definition) is 1. The first-order valence-corrected chi connectivity index (χ1v) is 5.70. The van der Waals surface area contributed by atoms with Crippen LogP contribution >= 0.6 is 0 Å². The van der Waals surface area contributed by atoms with Crippen molar-refractivity contribution in [2.45, 2.75) is 25.4 Å². The van der Waals surface area contributed by atoms with Crippen LogP contribution in [0.5, 0.6) is 0 Å². The van der Waals surface area contributed by atoms with E-state index in [0.717, 1.165) is 4.90 Å². The fraction of sp³-hybridized carbons (Fsp3) is 0.455. The Labute approximate surface area is 112 Å². The van der Waals surface area contributed by atoms with Crippen LogP contribution in [-0.4, -0.2) is 40.0 Å². The molecule has 110 valence electrons. The zero-order chi connectivity index (χ0) is 15.1. The van der Waals surface area contributed by atoms with Crippen LogP contribution in [-0.2, 0) is 6.18 Å². The van der Waals surface area contributed by atoms with E-state index in [1.54, 1.807) is 6.92 Å². The Bertz CT molecular complexity index is 528. The van der Waals surface area contributed by atoms with Crippen LogP contribution in [0.2, 0.25) is 0 Å². The van der Waals surface area contributed by atoms with Crippen molar-refractivity contribution < 1.29 is 27.6 Å². The van der Waals surface area contributed by atoms with Crippen LogP contribution in [0.25, 0.3) is 0 Å². The number of carbonyl (C=O) groups is 1. The van der Waals surface area contributed by atoms with Gasteiger partial charge in [-0.3, -0.25) is 0 Å². The lowest BCUT2D eigenvalue weighted by Gasteiger charge is -2.17. The minimum atomic E-state index is -4.70. The molecule has 2 unspecified atom stereocenters. The topological polar surface area (TPSA) is 69.8 Å². The fourth-order valence-electron chi connectivity index (χ4n) is 1.93. The maximum atomic E-state index is 12.4. The number of rotatable bonds is 3. The van der Waals surface area contributed by atoms with Crippen LogP contribution < -0.4 is 4.90 Å². The molecule has 1 aliphatic heterocycles. The third kappa shape index (κ3) is 2.24. The predicted molar refractivity (Wildman–Crippen MR) is 61.8 cm³/mol. The zero-order valence-electron chi connectivity index (χ0n) is 10.5. The molecule has 2 amide bonds. The predicted octanol–water partition coefficient (Wildman–Crippen LogP) is 1.83. The van der Waals surface area contributed by atoms with Crippen molar-refractivity contribution >= 4 is 11.8 Å². The fourth-order valence-corrected chi connectivity index (χ4v) is 1.93. The summed E-state index contributed by atoms with van der Waals surface area (Å²) in [7, 11) is 0.